The molecule has 0 aliphatic carbocycles. The first-order valence-corrected chi connectivity index (χ1v) is 6.89. The van der Waals surface area contributed by atoms with Crippen LogP contribution in [0.2, 0.25) is 0 Å². The fraction of sp³-hybridized carbons (Fsp3) is 0.714. The number of nitrogens with zero attached hydrogens (tertiary/aromatic N) is 2. The molecule has 3 atom stereocenters. The smallest absolute Gasteiger partial charge is 0.133 e. The van der Waals surface area contributed by atoms with Crippen LogP contribution >= 0.6 is 0 Å². The summed E-state index contributed by atoms with van der Waals surface area (Å²) in [5.41, 5.74) is 1.03. The average molecular weight is 247 g/mol. The van der Waals surface area contributed by atoms with Gasteiger partial charge in [-0.25, -0.2) is 9.97 Å². The van der Waals surface area contributed by atoms with Gasteiger partial charge in [0.25, 0.3) is 0 Å². The van der Waals surface area contributed by atoms with Crippen LogP contribution in [-0.4, -0.2) is 28.2 Å². The number of nitrogens with one attached hydrogen (secondary N) is 1. The molecule has 3 heterocycles. The van der Waals surface area contributed by atoms with Gasteiger partial charge in [0.15, 0.2) is 0 Å². The zero-order valence-electron chi connectivity index (χ0n) is 11.3. The summed E-state index contributed by atoms with van der Waals surface area (Å²) in [4.78, 5) is 9.08. The van der Waals surface area contributed by atoms with Crippen molar-refractivity contribution in [1.29, 1.82) is 0 Å². The van der Waals surface area contributed by atoms with Crippen LogP contribution in [0.15, 0.2) is 6.07 Å². The number of ether oxygens (including phenoxy) is 1. The zero-order chi connectivity index (χ0) is 12.7. The van der Waals surface area contributed by atoms with Crippen molar-refractivity contribution < 1.29 is 4.74 Å². The lowest BCUT2D eigenvalue weighted by molar-refractivity contribution is 0.102. The maximum absolute atomic E-state index is 5.86. The van der Waals surface area contributed by atoms with E-state index in [2.05, 4.69) is 29.1 Å². The number of rotatable bonds is 3. The van der Waals surface area contributed by atoms with Gasteiger partial charge >= 0.3 is 0 Å². The van der Waals surface area contributed by atoms with Crippen LogP contribution in [0, 0.1) is 6.92 Å². The van der Waals surface area contributed by atoms with E-state index >= 15 is 0 Å². The second-order valence-electron chi connectivity index (χ2n) is 5.77. The first kappa shape index (κ1) is 11.9. The van der Waals surface area contributed by atoms with E-state index in [0.29, 0.717) is 24.2 Å². The van der Waals surface area contributed by atoms with Crippen LogP contribution < -0.4 is 5.32 Å². The Morgan fingerprint density at radius 1 is 1.33 bits per heavy atom. The molecule has 3 rings (SSSR count). The van der Waals surface area contributed by atoms with Crippen molar-refractivity contribution in [2.45, 2.75) is 64.2 Å². The molecule has 2 aliphatic rings. The highest BCUT2D eigenvalue weighted by Gasteiger charge is 2.40. The maximum atomic E-state index is 5.86. The van der Waals surface area contributed by atoms with E-state index in [9.17, 15) is 0 Å². The molecule has 98 valence electrons. The van der Waals surface area contributed by atoms with Crippen LogP contribution in [0.1, 0.15) is 50.5 Å². The number of fused-ring (bicyclic) bond motifs is 2. The van der Waals surface area contributed by atoms with Gasteiger partial charge in [-0.2, -0.15) is 0 Å². The standard InChI is InChI=1S/C14H21N3O/c1-8(2)14-15-9(3)6-13(17-14)16-11-7-10-4-5-12(11)18-10/h6,8,10-12H,4-5,7H2,1-3H3,(H,15,16,17). The van der Waals surface area contributed by atoms with E-state index in [1.165, 1.54) is 12.8 Å². The van der Waals surface area contributed by atoms with Gasteiger partial charge in [-0.15, -0.1) is 0 Å². The van der Waals surface area contributed by atoms with Gasteiger partial charge in [0.2, 0.25) is 0 Å². The lowest BCUT2D eigenvalue weighted by Gasteiger charge is -2.21. The molecule has 2 bridgehead atoms. The van der Waals surface area contributed by atoms with Crippen LogP contribution in [0.25, 0.3) is 0 Å². The molecule has 0 amide bonds. The monoisotopic (exact) mass is 247 g/mol. The molecular formula is C14H21N3O. The molecule has 0 aromatic carbocycles. The first-order chi connectivity index (χ1) is 8.61. The topological polar surface area (TPSA) is 47.0 Å². The number of aryl methyl sites for hydroxylation is 1. The van der Waals surface area contributed by atoms with Gasteiger partial charge in [-0.1, -0.05) is 13.8 Å². The summed E-state index contributed by atoms with van der Waals surface area (Å²) >= 11 is 0. The molecule has 1 aromatic heterocycles. The summed E-state index contributed by atoms with van der Waals surface area (Å²) in [6, 6.07) is 2.45. The third-order valence-electron chi connectivity index (χ3n) is 3.83. The summed E-state index contributed by atoms with van der Waals surface area (Å²) in [7, 11) is 0. The van der Waals surface area contributed by atoms with Crippen molar-refractivity contribution in [3.8, 4) is 0 Å². The van der Waals surface area contributed by atoms with E-state index in [1.54, 1.807) is 0 Å². The van der Waals surface area contributed by atoms with Gasteiger partial charge in [0.05, 0.1) is 18.2 Å². The second kappa shape index (κ2) is 4.50. The Hall–Kier alpha value is -1.16. The molecule has 3 unspecified atom stereocenters. The molecule has 0 saturated carbocycles. The van der Waals surface area contributed by atoms with E-state index in [-0.39, 0.29) is 0 Å². The largest absolute Gasteiger partial charge is 0.373 e. The van der Waals surface area contributed by atoms with Crippen LogP contribution in [0.4, 0.5) is 5.82 Å². The Morgan fingerprint density at radius 2 is 2.17 bits per heavy atom. The zero-order valence-corrected chi connectivity index (χ0v) is 11.3. The van der Waals surface area contributed by atoms with Crippen molar-refractivity contribution in [2.24, 2.45) is 0 Å². The highest BCUT2D eigenvalue weighted by atomic mass is 16.5. The van der Waals surface area contributed by atoms with Gasteiger partial charge in [0, 0.05) is 17.7 Å². The molecule has 2 fully saturated rings. The van der Waals surface area contributed by atoms with Gasteiger partial charge in [-0.05, 0) is 26.2 Å². The molecule has 0 radical (unpaired) electrons. The highest BCUT2D eigenvalue weighted by molar-refractivity contribution is 5.38. The summed E-state index contributed by atoms with van der Waals surface area (Å²) in [6.45, 7) is 6.27. The minimum absolute atomic E-state index is 0.363. The quantitative estimate of drug-likeness (QED) is 0.892. The Labute approximate surface area is 108 Å². The first-order valence-electron chi connectivity index (χ1n) is 6.89. The third-order valence-corrected chi connectivity index (χ3v) is 3.83. The van der Waals surface area contributed by atoms with Crippen LogP contribution in [0.5, 0.6) is 0 Å². The van der Waals surface area contributed by atoms with E-state index < -0.39 is 0 Å². The summed E-state index contributed by atoms with van der Waals surface area (Å²) in [5.74, 6) is 2.23. The predicted octanol–water partition coefficient (Wildman–Crippen LogP) is 2.64. The molecule has 2 aliphatic heterocycles. The summed E-state index contributed by atoms with van der Waals surface area (Å²) < 4.78 is 5.86. The van der Waals surface area contributed by atoms with Gasteiger partial charge < -0.3 is 10.1 Å². The Morgan fingerprint density at radius 3 is 2.78 bits per heavy atom. The van der Waals surface area contributed by atoms with E-state index in [4.69, 9.17) is 4.74 Å². The molecule has 4 heteroatoms. The van der Waals surface area contributed by atoms with E-state index in [1.807, 2.05) is 13.0 Å². The Bertz CT molecular complexity index is 447. The second-order valence-corrected chi connectivity index (χ2v) is 5.77. The maximum Gasteiger partial charge on any atom is 0.133 e. The van der Waals surface area contributed by atoms with Crippen molar-refractivity contribution in [1.82, 2.24) is 9.97 Å². The number of hydrogen-bond acceptors (Lipinski definition) is 4. The minimum atomic E-state index is 0.363. The Balaban J connectivity index is 1.76. The molecule has 18 heavy (non-hydrogen) atoms. The van der Waals surface area contributed by atoms with Crippen molar-refractivity contribution in [3.63, 3.8) is 0 Å². The van der Waals surface area contributed by atoms with Crippen LogP contribution in [0.3, 0.4) is 0 Å². The number of anilines is 1. The lowest BCUT2D eigenvalue weighted by atomic mass is 9.95. The van der Waals surface area contributed by atoms with Crippen molar-refractivity contribution in [3.05, 3.63) is 17.6 Å². The third kappa shape index (κ3) is 2.21. The van der Waals surface area contributed by atoms with Gasteiger partial charge in [-0.3, -0.25) is 0 Å². The fourth-order valence-electron chi connectivity index (χ4n) is 2.90. The molecule has 0 spiro atoms. The predicted molar refractivity (Wildman–Crippen MR) is 70.8 cm³/mol. The average Bonchev–Trinajstić information content (AvgIpc) is 2.90. The molecule has 4 nitrogen and oxygen atoms in total. The van der Waals surface area contributed by atoms with Crippen molar-refractivity contribution >= 4 is 5.82 Å². The normalized spacial score (nSPS) is 30.1. The number of aromatic nitrogens is 2. The van der Waals surface area contributed by atoms with E-state index in [0.717, 1.165) is 23.8 Å². The highest BCUT2D eigenvalue weighted by Crippen LogP contribution is 2.35. The Kier molecular flexibility index (Phi) is 2.98. The molecule has 1 aromatic rings. The summed E-state index contributed by atoms with van der Waals surface area (Å²) in [6.07, 6.45) is 4.38. The van der Waals surface area contributed by atoms with Crippen molar-refractivity contribution in [2.75, 3.05) is 5.32 Å². The SMILES string of the molecule is Cc1cc(NC2CC3CCC2O3)nc(C(C)C)n1. The molecule has 2 saturated heterocycles. The molecular weight excluding hydrogens is 226 g/mol. The fourth-order valence-corrected chi connectivity index (χ4v) is 2.90. The summed E-state index contributed by atoms with van der Waals surface area (Å²) in [5, 5.41) is 3.53. The number of hydrogen-bond donors (Lipinski definition) is 1. The van der Waals surface area contributed by atoms with Gasteiger partial charge in [0.1, 0.15) is 11.6 Å². The van der Waals surface area contributed by atoms with Crippen LogP contribution in [-0.2, 0) is 4.74 Å². The molecule has 1 N–H and O–H groups in total. The lowest BCUT2D eigenvalue weighted by Crippen LogP contribution is -2.31. The minimum Gasteiger partial charge on any atom is -0.373 e.